The van der Waals surface area contributed by atoms with E-state index < -0.39 is 0 Å². The maximum absolute atomic E-state index is 12.6. The third-order valence-electron chi connectivity index (χ3n) is 5.30. The van der Waals surface area contributed by atoms with Crippen LogP contribution >= 0.6 is 0 Å². The number of benzene rings is 1. The van der Waals surface area contributed by atoms with Crippen LogP contribution in [0.3, 0.4) is 0 Å². The normalized spacial score (nSPS) is 16.5. The first-order chi connectivity index (χ1) is 11.4. The van der Waals surface area contributed by atoms with Crippen LogP contribution in [0.25, 0.3) is 11.1 Å². The molecule has 1 unspecified atom stereocenters. The molecule has 1 aromatic carbocycles. The molecule has 1 atom stereocenters. The second-order valence-corrected chi connectivity index (χ2v) is 6.71. The summed E-state index contributed by atoms with van der Waals surface area (Å²) < 4.78 is 2.71. The molecule has 1 aliphatic rings. The fourth-order valence-corrected chi connectivity index (χ4v) is 3.57. The molecule has 24 heavy (non-hydrogen) atoms. The molecule has 1 saturated heterocycles. The van der Waals surface area contributed by atoms with Crippen LogP contribution in [0.4, 0.5) is 0 Å². The molecule has 5 nitrogen and oxygen atoms in total. The van der Waals surface area contributed by atoms with E-state index in [-0.39, 0.29) is 11.2 Å². The first-order valence-corrected chi connectivity index (χ1v) is 8.53. The lowest BCUT2D eigenvalue weighted by molar-refractivity contribution is 0.263. The Morgan fingerprint density at radius 3 is 2.38 bits per heavy atom. The topological polar surface area (TPSA) is 47.2 Å². The summed E-state index contributed by atoms with van der Waals surface area (Å²) in [5.41, 5.74) is 2.88. The highest BCUT2D eigenvalue weighted by Crippen LogP contribution is 2.28. The minimum atomic E-state index is -0.289. The van der Waals surface area contributed by atoms with E-state index in [1.165, 1.54) is 34.6 Å². The van der Waals surface area contributed by atoms with E-state index in [1.807, 2.05) is 19.1 Å². The second-order valence-electron chi connectivity index (χ2n) is 6.71. The molecule has 0 bridgehead atoms. The molecule has 0 amide bonds. The molecule has 2 heterocycles. The Kier molecular flexibility index (Phi) is 4.45. The lowest BCUT2D eigenvalue weighted by Crippen LogP contribution is -2.39. The summed E-state index contributed by atoms with van der Waals surface area (Å²) in [5, 5.41) is 0. The third-order valence-corrected chi connectivity index (χ3v) is 5.30. The highest BCUT2D eigenvalue weighted by Gasteiger charge is 2.20. The van der Waals surface area contributed by atoms with Crippen molar-refractivity contribution in [3.8, 4) is 11.1 Å². The van der Waals surface area contributed by atoms with Gasteiger partial charge in [0.15, 0.2) is 0 Å². The molecule has 128 valence electrons. The van der Waals surface area contributed by atoms with E-state index in [0.29, 0.717) is 17.3 Å². The summed E-state index contributed by atoms with van der Waals surface area (Å²) in [7, 11) is 3.24. The molecular weight excluding hydrogens is 302 g/mol. The van der Waals surface area contributed by atoms with Crippen LogP contribution in [0.15, 0.2) is 33.9 Å². The third kappa shape index (κ3) is 2.73. The molecule has 0 N–H and O–H groups in total. The summed E-state index contributed by atoms with van der Waals surface area (Å²) in [4.78, 5) is 27.2. The zero-order valence-corrected chi connectivity index (χ0v) is 14.9. The molecule has 0 aliphatic carbocycles. The van der Waals surface area contributed by atoms with Gasteiger partial charge in [0.1, 0.15) is 0 Å². The number of aromatic nitrogens is 2. The van der Waals surface area contributed by atoms with E-state index in [9.17, 15) is 9.59 Å². The number of likely N-dealkylation sites (tertiary alicyclic amines) is 1. The predicted octanol–water partition coefficient (Wildman–Crippen LogP) is 2.22. The van der Waals surface area contributed by atoms with E-state index in [1.54, 1.807) is 7.05 Å². The van der Waals surface area contributed by atoms with Gasteiger partial charge in [-0.3, -0.25) is 14.3 Å². The van der Waals surface area contributed by atoms with Crippen molar-refractivity contribution in [2.45, 2.75) is 32.7 Å². The van der Waals surface area contributed by atoms with Crippen LogP contribution in [-0.2, 0) is 14.1 Å². The molecule has 0 spiro atoms. The Morgan fingerprint density at radius 2 is 1.71 bits per heavy atom. The Balaban J connectivity index is 2.10. The van der Waals surface area contributed by atoms with Gasteiger partial charge in [0.25, 0.3) is 5.56 Å². The van der Waals surface area contributed by atoms with E-state index >= 15 is 0 Å². The lowest BCUT2D eigenvalue weighted by atomic mass is 9.99. The van der Waals surface area contributed by atoms with E-state index in [2.05, 4.69) is 24.0 Å². The molecule has 1 fully saturated rings. The fraction of sp³-hybridized carbons (Fsp3) is 0.474. The molecule has 1 aliphatic heterocycles. The Morgan fingerprint density at radius 1 is 1.04 bits per heavy atom. The van der Waals surface area contributed by atoms with Crippen LogP contribution in [0.5, 0.6) is 0 Å². The zero-order chi connectivity index (χ0) is 17.4. The van der Waals surface area contributed by atoms with Gasteiger partial charge < -0.3 is 4.57 Å². The van der Waals surface area contributed by atoms with Crippen molar-refractivity contribution < 1.29 is 0 Å². The van der Waals surface area contributed by atoms with Gasteiger partial charge in [-0.15, -0.1) is 0 Å². The number of hydrogen-bond acceptors (Lipinski definition) is 3. The van der Waals surface area contributed by atoms with E-state index in [0.717, 1.165) is 18.7 Å². The van der Waals surface area contributed by atoms with Crippen LogP contribution < -0.4 is 11.2 Å². The smallest absolute Gasteiger partial charge is 0.300 e. The predicted molar refractivity (Wildman–Crippen MR) is 96.3 cm³/mol. The second kappa shape index (κ2) is 6.40. The highest BCUT2D eigenvalue weighted by molar-refractivity contribution is 5.65. The first-order valence-electron chi connectivity index (χ1n) is 8.53. The van der Waals surface area contributed by atoms with Crippen LogP contribution in [0, 0.1) is 6.92 Å². The van der Waals surface area contributed by atoms with Gasteiger partial charge in [0.2, 0.25) is 0 Å². The minimum Gasteiger partial charge on any atom is -0.300 e. The maximum atomic E-state index is 12.6. The Bertz CT molecular complexity index is 873. The number of nitrogens with zero attached hydrogens (tertiary/aromatic N) is 3. The van der Waals surface area contributed by atoms with Crippen LogP contribution in [-0.4, -0.2) is 27.1 Å². The van der Waals surface area contributed by atoms with Crippen molar-refractivity contribution in [1.29, 1.82) is 0 Å². The molecule has 0 saturated carbocycles. The highest BCUT2D eigenvalue weighted by atomic mass is 16.2. The summed E-state index contributed by atoms with van der Waals surface area (Å²) in [5.74, 6) is 0. The molecule has 3 rings (SSSR count). The van der Waals surface area contributed by atoms with Crippen molar-refractivity contribution in [2.24, 2.45) is 14.1 Å². The average molecular weight is 327 g/mol. The van der Waals surface area contributed by atoms with Crippen LogP contribution in [0.1, 0.15) is 37.1 Å². The van der Waals surface area contributed by atoms with E-state index in [4.69, 9.17) is 0 Å². The lowest BCUT2D eigenvalue weighted by Gasteiger charge is -2.24. The molecule has 1 aromatic heterocycles. The standard InChI is InChI=1S/C19H25N3O2/c1-13(22-10-5-6-11-22)15-8-7-9-16(12-15)17-14(2)20(3)19(24)21(4)18(17)23/h7-9,12-13H,5-6,10-11H2,1-4H3. The quantitative estimate of drug-likeness (QED) is 0.868. The number of hydrogen-bond donors (Lipinski definition) is 0. The van der Waals surface area contributed by atoms with Gasteiger partial charge in [0.05, 0.1) is 5.56 Å². The van der Waals surface area contributed by atoms with Gasteiger partial charge in [0, 0.05) is 25.8 Å². The SMILES string of the molecule is Cc1c(-c2cccc(C(C)N3CCCC3)c2)c(=O)n(C)c(=O)n1C. The van der Waals surface area contributed by atoms with Crippen molar-refractivity contribution in [1.82, 2.24) is 14.0 Å². The van der Waals surface area contributed by atoms with Gasteiger partial charge in [-0.1, -0.05) is 18.2 Å². The summed E-state index contributed by atoms with van der Waals surface area (Å²) in [6, 6.07) is 8.50. The summed E-state index contributed by atoms with van der Waals surface area (Å²) in [6.45, 7) is 6.31. The van der Waals surface area contributed by atoms with Crippen molar-refractivity contribution >= 4 is 0 Å². The van der Waals surface area contributed by atoms with Gasteiger partial charge in [-0.2, -0.15) is 0 Å². The Labute approximate surface area is 142 Å². The average Bonchev–Trinajstić information content (AvgIpc) is 3.12. The van der Waals surface area contributed by atoms with Gasteiger partial charge in [-0.25, -0.2) is 4.79 Å². The summed E-state index contributed by atoms with van der Waals surface area (Å²) >= 11 is 0. The molecule has 5 heteroatoms. The maximum Gasteiger partial charge on any atom is 0.330 e. The Hall–Kier alpha value is -2.14. The van der Waals surface area contributed by atoms with Crippen molar-refractivity contribution in [3.05, 3.63) is 56.4 Å². The van der Waals surface area contributed by atoms with Crippen molar-refractivity contribution in [2.75, 3.05) is 13.1 Å². The monoisotopic (exact) mass is 327 g/mol. The largest absolute Gasteiger partial charge is 0.330 e. The van der Waals surface area contributed by atoms with Crippen molar-refractivity contribution in [3.63, 3.8) is 0 Å². The fourth-order valence-electron chi connectivity index (χ4n) is 3.57. The molecule has 0 radical (unpaired) electrons. The molecule has 2 aromatic rings. The minimum absolute atomic E-state index is 0.235. The summed E-state index contributed by atoms with van der Waals surface area (Å²) in [6.07, 6.45) is 2.51. The number of rotatable bonds is 3. The van der Waals surface area contributed by atoms with Gasteiger partial charge >= 0.3 is 5.69 Å². The van der Waals surface area contributed by atoms with Gasteiger partial charge in [-0.05, 0) is 57.0 Å². The zero-order valence-electron chi connectivity index (χ0n) is 14.9. The first kappa shape index (κ1) is 16.7. The molecular formula is C19H25N3O2. The van der Waals surface area contributed by atoms with Crippen LogP contribution in [0.2, 0.25) is 0 Å².